The van der Waals surface area contributed by atoms with E-state index in [9.17, 15) is 4.79 Å². The van der Waals surface area contributed by atoms with Gasteiger partial charge >= 0.3 is 0 Å². The van der Waals surface area contributed by atoms with E-state index in [0.29, 0.717) is 0 Å². The van der Waals surface area contributed by atoms with Gasteiger partial charge in [-0.2, -0.15) is 0 Å². The summed E-state index contributed by atoms with van der Waals surface area (Å²) in [4.78, 5) is 11.7. The number of carbonyl (C=O) groups excluding carboxylic acids is 1. The van der Waals surface area contributed by atoms with Gasteiger partial charge in [0.2, 0.25) is 5.91 Å². The van der Waals surface area contributed by atoms with E-state index in [1.165, 1.54) is 6.42 Å². The quantitative estimate of drug-likeness (QED) is 0.706. The minimum absolute atomic E-state index is 0.0950. The van der Waals surface area contributed by atoms with E-state index in [1.54, 1.807) is 11.8 Å². The Balaban J connectivity index is 2.45. The van der Waals surface area contributed by atoms with Gasteiger partial charge in [-0.1, -0.05) is 12.3 Å². The van der Waals surface area contributed by atoms with Crippen molar-refractivity contribution in [1.82, 2.24) is 5.32 Å². The van der Waals surface area contributed by atoms with Gasteiger partial charge in [0, 0.05) is 0 Å². The number of terminal acetylenes is 1. The predicted molar refractivity (Wildman–Crippen MR) is 61.2 cm³/mol. The molecule has 0 radical (unpaired) electrons. The van der Waals surface area contributed by atoms with Gasteiger partial charge in [-0.3, -0.25) is 4.79 Å². The van der Waals surface area contributed by atoms with Crippen molar-refractivity contribution in [1.29, 1.82) is 0 Å². The predicted octanol–water partition coefficient (Wildman–Crippen LogP) is 1.80. The lowest BCUT2D eigenvalue weighted by Gasteiger charge is -2.25. The van der Waals surface area contributed by atoms with E-state index >= 15 is 0 Å². The van der Waals surface area contributed by atoms with Crippen LogP contribution in [0.5, 0.6) is 0 Å². The Morgan fingerprint density at radius 2 is 2.29 bits per heavy atom. The Morgan fingerprint density at radius 3 is 2.79 bits per heavy atom. The lowest BCUT2D eigenvalue weighted by Crippen LogP contribution is -2.46. The fourth-order valence-corrected chi connectivity index (χ4v) is 2.57. The summed E-state index contributed by atoms with van der Waals surface area (Å²) < 4.78 is 0. The maximum Gasteiger partial charge on any atom is 0.234 e. The molecule has 0 saturated carbocycles. The van der Waals surface area contributed by atoms with Crippen molar-refractivity contribution in [2.24, 2.45) is 0 Å². The molecular formula is C11H17NOS. The molecule has 0 aromatic rings. The Morgan fingerprint density at radius 1 is 1.57 bits per heavy atom. The lowest BCUT2D eigenvalue weighted by atomic mass is 10.1. The van der Waals surface area contributed by atoms with Gasteiger partial charge in [0.15, 0.2) is 0 Å². The third-order valence-electron chi connectivity index (χ3n) is 2.27. The Labute approximate surface area is 90.2 Å². The summed E-state index contributed by atoms with van der Waals surface area (Å²) in [5.41, 5.74) is -0.519. The molecule has 78 valence electrons. The van der Waals surface area contributed by atoms with Gasteiger partial charge in [-0.25, -0.2) is 0 Å². The molecule has 2 nitrogen and oxygen atoms in total. The number of carbonyl (C=O) groups is 1. The molecule has 1 aliphatic rings. The zero-order valence-corrected chi connectivity index (χ0v) is 9.62. The minimum Gasteiger partial charge on any atom is -0.339 e. The van der Waals surface area contributed by atoms with Crippen LogP contribution in [-0.2, 0) is 4.79 Å². The van der Waals surface area contributed by atoms with Gasteiger partial charge in [0.1, 0.15) is 0 Å². The number of thioether (sulfide) groups is 1. The number of hydrogen-bond acceptors (Lipinski definition) is 2. The molecule has 0 aromatic heterocycles. The normalized spacial score (nSPS) is 22.5. The summed E-state index contributed by atoms with van der Waals surface area (Å²) in [5.74, 6) is 3.76. The molecule has 1 saturated heterocycles. The topological polar surface area (TPSA) is 29.1 Å². The molecule has 1 unspecified atom stereocenters. The molecular weight excluding hydrogens is 194 g/mol. The Hall–Kier alpha value is -0.620. The second-order valence-corrected chi connectivity index (χ2v) is 5.42. The molecule has 1 heterocycles. The molecule has 1 atom stereocenters. The van der Waals surface area contributed by atoms with Gasteiger partial charge in [0.25, 0.3) is 0 Å². The minimum atomic E-state index is -0.519. The van der Waals surface area contributed by atoms with Gasteiger partial charge in [-0.15, -0.1) is 18.2 Å². The van der Waals surface area contributed by atoms with Gasteiger partial charge < -0.3 is 5.32 Å². The molecule has 1 N–H and O–H groups in total. The summed E-state index contributed by atoms with van der Waals surface area (Å²) in [6, 6.07) is 0. The molecule has 0 aliphatic carbocycles. The van der Waals surface area contributed by atoms with E-state index in [0.717, 1.165) is 18.6 Å². The summed E-state index contributed by atoms with van der Waals surface area (Å²) >= 11 is 1.74. The standard InChI is InChI=1S/C11H17NOS/c1-4-11(2,3)12-10(13)9-7-5-6-8-14-9/h1,9H,5-8H2,2-3H3,(H,12,13). The molecule has 14 heavy (non-hydrogen) atoms. The van der Waals surface area contributed by atoms with Crippen molar-refractivity contribution in [2.75, 3.05) is 5.75 Å². The third kappa shape index (κ3) is 3.26. The van der Waals surface area contributed by atoms with Crippen LogP contribution in [0, 0.1) is 12.3 Å². The summed E-state index contributed by atoms with van der Waals surface area (Å²) in [6.45, 7) is 3.69. The molecule has 0 spiro atoms. The van der Waals surface area contributed by atoms with Crippen LogP contribution in [-0.4, -0.2) is 22.4 Å². The van der Waals surface area contributed by atoms with E-state index in [2.05, 4.69) is 11.2 Å². The largest absolute Gasteiger partial charge is 0.339 e. The molecule has 0 aromatic carbocycles. The first-order valence-electron chi connectivity index (χ1n) is 4.96. The molecule has 3 heteroatoms. The zero-order valence-electron chi connectivity index (χ0n) is 8.80. The highest BCUT2D eigenvalue weighted by Gasteiger charge is 2.25. The Kier molecular flexibility index (Phi) is 3.88. The monoisotopic (exact) mass is 211 g/mol. The highest BCUT2D eigenvalue weighted by molar-refractivity contribution is 8.00. The number of amides is 1. The number of hydrogen-bond donors (Lipinski definition) is 1. The first-order chi connectivity index (χ1) is 6.55. The van der Waals surface area contributed by atoms with Crippen LogP contribution in [0.3, 0.4) is 0 Å². The van der Waals surface area contributed by atoms with Crippen LogP contribution in [0.1, 0.15) is 33.1 Å². The molecule has 1 amide bonds. The summed E-state index contributed by atoms with van der Waals surface area (Å²) in [7, 11) is 0. The van der Waals surface area contributed by atoms with Crippen LogP contribution >= 0.6 is 11.8 Å². The highest BCUT2D eigenvalue weighted by Crippen LogP contribution is 2.25. The fourth-order valence-electron chi connectivity index (χ4n) is 1.37. The fraction of sp³-hybridized carbons (Fsp3) is 0.727. The van der Waals surface area contributed by atoms with E-state index in [-0.39, 0.29) is 11.2 Å². The van der Waals surface area contributed by atoms with Crippen LogP contribution in [0.15, 0.2) is 0 Å². The highest BCUT2D eigenvalue weighted by atomic mass is 32.2. The lowest BCUT2D eigenvalue weighted by molar-refractivity contribution is -0.121. The number of nitrogens with one attached hydrogen (secondary N) is 1. The van der Waals surface area contributed by atoms with Crippen molar-refractivity contribution < 1.29 is 4.79 Å². The second kappa shape index (κ2) is 4.75. The smallest absolute Gasteiger partial charge is 0.234 e. The maximum atomic E-state index is 11.7. The third-order valence-corrected chi connectivity index (χ3v) is 3.65. The number of rotatable bonds is 2. The average molecular weight is 211 g/mol. The van der Waals surface area contributed by atoms with E-state index in [4.69, 9.17) is 6.42 Å². The molecule has 1 rings (SSSR count). The van der Waals surface area contributed by atoms with Gasteiger partial charge in [0.05, 0.1) is 10.8 Å². The van der Waals surface area contributed by atoms with E-state index < -0.39 is 5.54 Å². The van der Waals surface area contributed by atoms with Crippen LogP contribution in [0.25, 0.3) is 0 Å². The second-order valence-electron chi connectivity index (χ2n) is 4.11. The van der Waals surface area contributed by atoms with Crippen LogP contribution < -0.4 is 5.32 Å². The van der Waals surface area contributed by atoms with Crippen molar-refractivity contribution in [3.8, 4) is 12.3 Å². The molecule has 0 bridgehead atoms. The van der Waals surface area contributed by atoms with Gasteiger partial charge in [-0.05, 0) is 32.4 Å². The Bertz CT molecular complexity index is 249. The van der Waals surface area contributed by atoms with Crippen molar-refractivity contribution in [2.45, 2.75) is 43.9 Å². The first-order valence-corrected chi connectivity index (χ1v) is 6.01. The van der Waals surface area contributed by atoms with Crippen LogP contribution in [0.4, 0.5) is 0 Å². The van der Waals surface area contributed by atoms with Crippen molar-refractivity contribution in [3.05, 3.63) is 0 Å². The maximum absolute atomic E-state index is 11.7. The zero-order chi connectivity index (χ0) is 10.6. The average Bonchev–Trinajstić information content (AvgIpc) is 2.19. The molecule has 1 fully saturated rings. The van der Waals surface area contributed by atoms with Crippen molar-refractivity contribution >= 4 is 17.7 Å². The summed E-state index contributed by atoms with van der Waals surface area (Å²) in [5, 5.41) is 2.99. The van der Waals surface area contributed by atoms with Crippen LogP contribution in [0.2, 0.25) is 0 Å². The first kappa shape index (κ1) is 11.5. The summed E-state index contributed by atoms with van der Waals surface area (Å²) in [6.07, 6.45) is 8.68. The van der Waals surface area contributed by atoms with E-state index in [1.807, 2.05) is 13.8 Å². The molecule has 1 aliphatic heterocycles. The van der Waals surface area contributed by atoms with Crippen molar-refractivity contribution in [3.63, 3.8) is 0 Å². The SMILES string of the molecule is C#CC(C)(C)NC(=O)C1CCCCS1.